The number of halogens is 1. The Labute approximate surface area is 164 Å². The Balaban J connectivity index is 1.39. The largest absolute Gasteiger partial charge is 0.497 e. The molecule has 3 aromatic rings. The maximum Gasteiger partial charge on any atom is 0.227 e. The molecule has 1 aromatic carbocycles. The summed E-state index contributed by atoms with van der Waals surface area (Å²) in [6.07, 6.45) is 0.429. The number of carbonyl (C=O) groups is 1. The summed E-state index contributed by atoms with van der Waals surface area (Å²) >= 11 is 9.08. The Morgan fingerprint density at radius 3 is 2.69 bits per heavy atom. The highest BCUT2D eigenvalue weighted by Gasteiger charge is 2.23. The van der Waals surface area contributed by atoms with Gasteiger partial charge in [0.2, 0.25) is 5.91 Å². The van der Waals surface area contributed by atoms with Crippen LogP contribution in [-0.2, 0) is 11.2 Å². The molecule has 1 saturated heterocycles. The normalized spacial score (nSPS) is 14.8. The van der Waals surface area contributed by atoms with Gasteiger partial charge in [-0.3, -0.25) is 4.79 Å². The number of hydrogen-bond acceptors (Lipinski definition) is 6. The molecular formula is C18H18ClN3O2S2. The van der Waals surface area contributed by atoms with Crippen LogP contribution >= 0.6 is 34.3 Å². The average molecular weight is 408 g/mol. The van der Waals surface area contributed by atoms with Gasteiger partial charge in [0, 0.05) is 31.1 Å². The van der Waals surface area contributed by atoms with E-state index in [-0.39, 0.29) is 5.91 Å². The van der Waals surface area contributed by atoms with Crippen LogP contribution in [0.3, 0.4) is 0 Å². The SMILES string of the molecule is COc1ccc2nc(N3CCN(C(=O)Cc4ccc(Cl)s4)CC3)sc2c1. The molecule has 0 aliphatic carbocycles. The Bertz CT molecular complexity index is 932. The summed E-state index contributed by atoms with van der Waals surface area (Å²) in [7, 11) is 1.67. The Hall–Kier alpha value is -1.83. The second-order valence-electron chi connectivity index (χ2n) is 6.08. The van der Waals surface area contributed by atoms with Crippen molar-refractivity contribution in [1.82, 2.24) is 9.88 Å². The molecule has 1 fully saturated rings. The summed E-state index contributed by atoms with van der Waals surface area (Å²) < 4.78 is 7.13. The van der Waals surface area contributed by atoms with Gasteiger partial charge in [0.15, 0.2) is 5.13 Å². The van der Waals surface area contributed by atoms with E-state index in [9.17, 15) is 4.79 Å². The molecule has 0 N–H and O–H groups in total. The third-order valence-corrected chi connectivity index (χ3v) is 6.75. The highest BCUT2D eigenvalue weighted by Crippen LogP contribution is 2.32. The van der Waals surface area contributed by atoms with Crippen molar-refractivity contribution in [3.63, 3.8) is 0 Å². The highest BCUT2D eigenvalue weighted by atomic mass is 35.5. The number of nitrogens with zero attached hydrogens (tertiary/aromatic N) is 3. The Morgan fingerprint density at radius 1 is 1.19 bits per heavy atom. The molecule has 3 heterocycles. The zero-order valence-electron chi connectivity index (χ0n) is 14.3. The molecule has 26 heavy (non-hydrogen) atoms. The lowest BCUT2D eigenvalue weighted by Crippen LogP contribution is -2.49. The Morgan fingerprint density at radius 2 is 2.00 bits per heavy atom. The molecule has 136 valence electrons. The third kappa shape index (κ3) is 3.65. The first kappa shape index (κ1) is 17.6. The van der Waals surface area contributed by atoms with Gasteiger partial charge < -0.3 is 14.5 Å². The van der Waals surface area contributed by atoms with Crippen molar-refractivity contribution in [2.24, 2.45) is 0 Å². The van der Waals surface area contributed by atoms with Gasteiger partial charge in [0.05, 0.1) is 28.1 Å². The van der Waals surface area contributed by atoms with E-state index in [1.54, 1.807) is 18.4 Å². The second kappa shape index (κ2) is 7.42. The van der Waals surface area contributed by atoms with Crippen LogP contribution < -0.4 is 9.64 Å². The van der Waals surface area contributed by atoms with Crippen molar-refractivity contribution in [1.29, 1.82) is 0 Å². The van der Waals surface area contributed by atoms with Crippen LogP contribution in [0.25, 0.3) is 10.2 Å². The van der Waals surface area contributed by atoms with E-state index >= 15 is 0 Å². The van der Waals surface area contributed by atoms with E-state index in [0.29, 0.717) is 6.42 Å². The number of aromatic nitrogens is 1. The van der Waals surface area contributed by atoms with E-state index < -0.39 is 0 Å². The fourth-order valence-electron chi connectivity index (χ4n) is 3.01. The van der Waals surface area contributed by atoms with Crippen molar-refractivity contribution < 1.29 is 9.53 Å². The average Bonchev–Trinajstić information content (AvgIpc) is 3.27. The molecule has 0 unspecified atom stereocenters. The van der Waals surface area contributed by atoms with E-state index in [4.69, 9.17) is 21.3 Å². The molecule has 8 heteroatoms. The number of rotatable bonds is 4. The van der Waals surface area contributed by atoms with Crippen molar-refractivity contribution >= 4 is 55.5 Å². The first-order valence-electron chi connectivity index (χ1n) is 8.34. The van der Waals surface area contributed by atoms with Crippen LogP contribution in [0.15, 0.2) is 30.3 Å². The summed E-state index contributed by atoms with van der Waals surface area (Å²) in [6, 6.07) is 9.70. The zero-order chi connectivity index (χ0) is 18.1. The third-order valence-electron chi connectivity index (χ3n) is 4.44. The van der Waals surface area contributed by atoms with Crippen molar-refractivity contribution in [3.05, 3.63) is 39.5 Å². The molecule has 5 nitrogen and oxygen atoms in total. The van der Waals surface area contributed by atoms with Gasteiger partial charge >= 0.3 is 0 Å². The molecule has 1 amide bonds. The molecular weight excluding hydrogens is 390 g/mol. The molecule has 2 aromatic heterocycles. The number of fused-ring (bicyclic) bond motifs is 1. The molecule has 4 rings (SSSR count). The van der Waals surface area contributed by atoms with Crippen LogP contribution in [0, 0.1) is 0 Å². The summed E-state index contributed by atoms with van der Waals surface area (Å²) in [5.41, 5.74) is 0.985. The number of amides is 1. The molecule has 0 spiro atoms. The van der Waals surface area contributed by atoms with Gasteiger partial charge in [0.1, 0.15) is 5.75 Å². The van der Waals surface area contributed by atoms with Crippen LogP contribution in [0.5, 0.6) is 5.75 Å². The van der Waals surface area contributed by atoms with Crippen LogP contribution in [0.4, 0.5) is 5.13 Å². The fourth-order valence-corrected chi connectivity index (χ4v) is 5.13. The zero-order valence-corrected chi connectivity index (χ0v) is 16.7. The first-order valence-corrected chi connectivity index (χ1v) is 10.3. The number of anilines is 1. The topological polar surface area (TPSA) is 45.7 Å². The maximum atomic E-state index is 12.5. The number of carbonyl (C=O) groups excluding carboxylic acids is 1. The maximum absolute atomic E-state index is 12.5. The molecule has 0 saturated carbocycles. The molecule has 1 aliphatic rings. The van der Waals surface area contributed by atoms with Gasteiger partial charge in [-0.15, -0.1) is 11.3 Å². The van der Waals surface area contributed by atoms with Crippen LogP contribution in [-0.4, -0.2) is 49.1 Å². The second-order valence-corrected chi connectivity index (χ2v) is 8.89. The number of hydrogen-bond donors (Lipinski definition) is 0. The van der Waals surface area contributed by atoms with E-state index in [1.807, 2.05) is 35.2 Å². The van der Waals surface area contributed by atoms with Crippen LogP contribution in [0.2, 0.25) is 4.34 Å². The number of benzene rings is 1. The minimum atomic E-state index is 0.164. The van der Waals surface area contributed by atoms with E-state index in [1.165, 1.54) is 11.3 Å². The number of thiazole rings is 1. The predicted octanol–water partition coefficient (Wildman–Crippen LogP) is 3.91. The van der Waals surface area contributed by atoms with Crippen molar-refractivity contribution in [3.8, 4) is 5.75 Å². The summed E-state index contributed by atoms with van der Waals surface area (Å²) in [4.78, 5) is 22.4. The first-order chi connectivity index (χ1) is 12.6. The smallest absolute Gasteiger partial charge is 0.227 e. The monoisotopic (exact) mass is 407 g/mol. The fraction of sp³-hybridized carbons (Fsp3) is 0.333. The number of ether oxygens (including phenoxy) is 1. The lowest BCUT2D eigenvalue weighted by molar-refractivity contribution is -0.130. The quantitative estimate of drug-likeness (QED) is 0.657. The molecule has 0 radical (unpaired) electrons. The van der Waals surface area contributed by atoms with E-state index in [0.717, 1.165) is 56.5 Å². The number of methoxy groups -OCH3 is 1. The standard InChI is InChI=1S/C18H18ClN3O2S2/c1-24-12-2-4-14-15(10-12)26-18(20-14)22-8-6-21(7-9-22)17(23)11-13-3-5-16(19)25-13/h2-5,10H,6-9,11H2,1H3. The van der Waals surface area contributed by atoms with Gasteiger partial charge in [-0.05, 0) is 30.3 Å². The lowest BCUT2D eigenvalue weighted by atomic mass is 10.2. The van der Waals surface area contributed by atoms with Crippen LogP contribution in [0.1, 0.15) is 4.88 Å². The number of piperazine rings is 1. The molecule has 0 bridgehead atoms. The summed E-state index contributed by atoms with van der Waals surface area (Å²) in [5, 5.41) is 1.00. The summed E-state index contributed by atoms with van der Waals surface area (Å²) in [5.74, 6) is 1.01. The molecule has 0 atom stereocenters. The van der Waals surface area contributed by atoms with Crippen molar-refractivity contribution in [2.45, 2.75) is 6.42 Å². The summed E-state index contributed by atoms with van der Waals surface area (Å²) in [6.45, 7) is 3.04. The van der Waals surface area contributed by atoms with Gasteiger partial charge in [-0.25, -0.2) is 4.98 Å². The van der Waals surface area contributed by atoms with Gasteiger partial charge in [0.25, 0.3) is 0 Å². The minimum Gasteiger partial charge on any atom is -0.497 e. The van der Waals surface area contributed by atoms with E-state index in [2.05, 4.69) is 4.90 Å². The highest BCUT2D eigenvalue weighted by molar-refractivity contribution is 7.22. The van der Waals surface area contributed by atoms with Crippen molar-refractivity contribution in [2.75, 3.05) is 38.2 Å². The predicted molar refractivity (Wildman–Crippen MR) is 108 cm³/mol. The van der Waals surface area contributed by atoms with Gasteiger partial charge in [-0.2, -0.15) is 0 Å². The van der Waals surface area contributed by atoms with Gasteiger partial charge in [-0.1, -0.05) is 22.9 Å². The minimum absolute atomic E-state index is 0.164. The number of thiophene rings is 1. The lowest BCUT2D eigenvalue weighted by Gasteiger charge is -2.34. The molecule has 1 aliphatic heterocycles. The Kier molecular flexibility index (Phi) is 5.02.